The van der Waals surface area contributed by atoms with Crippen LogP contribution in [0.15, 0.2) is 46.6 Å². The number of hydrogen-bond acceptors (Lipinski definition) is 8. The number of aliphatic hydroxyl groups is 1. The van der Waals surface area contributed by atoms with Crippen LogP contribution in [-0.2, 0) is 20.7 Å². The van der Waals surface area contributed by atoms with Crippen LogP contribution in [0.5, 0.6) is 17.2 Å². The highest BCUT2D eigenvalue weighted by molar-refractivity contribution is 6.18. The van der Waals surface area contributed by atoms with Crippen LogP contribution in [0.4, 0.5) is 0 Å². The summed E-state index contributed by atoms with van der Waals surface area (Å²) in [4.78, 5) is 40.9. The molecule has 1 saturated carbocycles. The van der Waals surface area contributed by atoms with Crippen LogP contribution < -0.4 is 9.47 Å². The molecule has 0 aromatic heterocycles. The Bertz CT molecular complexity index is 1720. The summed E-state index contributed by atoms with van der Waals surface area (Å²) in [5, 5.41) is 33.0. The topological polar surface area (TPSA) is 140 Å². The first-order chi connectivity index (χ1) is 21.9. The predicted octanol–water partition coefficient (Wildman–Crippen LogP) is 6.65. The highest BCUT2D eigenvalue weighted by Gasteiger charge is 2.81. The number of allylic oxidation sites excluding steroid dienone is 5. The van der Waals surface area contributed by atoms with Gasteiger partial charge in [-0.05, 0) is 81.1 Å². The number of phenols is 1. The van der Waals surface area contributed by atoms with Crippen molar-refractivity contribution >= 4 is 17.5 Å². The minimum absolute atomic E-state index is 0.0497. The summed E-state index contributed by atoms with van der Waals surface area (Å²) in [6.07, 6.45) is 8.28. The van der Waals surface area contributed by atoms with Crippen LogP contribution in [0.3, 0.4) is 0 Å². The number of carboxylic acids is 1. The van der Waals surface area contributed by atoms with E-state index in [4.69, 9.17) is 14.2 Å². The fourth-order valence-corrected chi connectivity index (χ4v) is 8.64. The lowest BCUT2D eigenvalue weighted by Crippen LogP contribution is -2.72. The second-order valence-corrected chi connectivity index (χ2v) is 15.3. The third kappa shape index (κ3) is 4.75. The third-order valence-corrected chi connectivity index (χ3v) is 10.9. The fourth-order valence-electron chi connectivity index (χ4n) is 8.64. The molecule has 3 aliphatic heterocycles. The molecule has 6 aliphatic rings. The molecule has 1 aromatic rings. The highest BCUT2D eigenvalue weighted by atomic mass is 16.6. The molecular formula is C38H46O9. The number of aromatic hydroxyl groups is 1. The van der Waals surface area contributed by atoms with Gasteiger partial charge in [-0.25, -0.2) is 4.79 Å². The van der Waals surface area contributed by atoms with E-state index in [1.54, 1.807) is 6.08 Å². The Morgan fingerprint density at radius 3 is 2.32 bits per heavy atom. The molecule has 1 saturated heterocycles. The number of fused-ring (bicyclic) bond motifs is 2. The fraction of sp³-hybridized carbons (Fsp3) is 0.553. The van der Waals surface area contributed by atoms with Crippen LogP contribution in [0.1, 0.15) is 115 Å². The molecule has 3 heterocycles. The second kappa shape index (κ2) is 10.9. The van der Waals surface area contributed by atoms with Crippen molar-refractivity contribution in [2.45, 2.75) is 122 Å². The van der Waals surface area contributed by atoms with Crippen LogP contribution in [0.25, 0.3) is 0 Å². The molecule has 1 aromatic carbocycles. The zero-order valence-electron chi connectivity index (χ0n) is 28.6. The number of carbonyl (C=O) groups is 3. The van der Waals surface area contributed by atoms with Gasteiger partial charge in [0.1, 0.15) is 28.4 Å². The maximum atomic E-state index is 14.8. The number of rotatable bonds is 8. The van der Waals surface area contributed by atoms with Crippen molar-refractivity contribution in [2.24, 2.45) is 11.8 Å². The van der Waals surface area contributed by atoms with Gasteiger partial charge in [0.05, 0.1) is 17.3 Å². The van der Waals surface area contributed by atoms with E-state index in [0.717, 1.165) is 12.0 Å². The third-order valence-electron chi connectivity index (χ3n) is 10.9. The first-order valence-electron chi connectivity index (χ1n) is 16.5. The zero-order valence-corrected chi connectivity index (χ0v) is 28.6. The number of Topliss-reactive ketones (excluding diaryl/α,β-unsaturated/α-hetero) is 2. The van der Waals surface area contributed by atoms with Crippen molar-refractivity contribution < 1.29 is 43.9 Å². The second-order valence-electron chi connectivity index (χ2n) is 15.3. The summed E-state index contributed by atoms with van der Waals surface area (Å²) in [7, 11) is 0. The van der Waals surface area contributed by atoms with E-state index in [1.807, 2.05) is 54.5 Å². The van der Waals surface area contributed by atoms with E-state index in [1.165, 1.54) is 18.6 Å². The number of aliphatic carboxylic acids is 1. The number of hydrogen-bond donors (Lipinski definition) is 3. The molecule has 3 N–H and O–H groups in total. The molecule has 3 aliphatic carbocycles. The summed E-state index contributed by atoms with van der Waals surface area (Å²) in [5.41, 5.74) is -1.83. The van der Waals surface area contributed by atoms with Crippen LogP contribution in [0.2, 0.25) is 0 Å². The normalized spacial score (nSPS) is 32.7. The van der Waals surface area contributed by atoms with Gasteiger partial charge in [0, 0.05) is 41.4 Å². The Labute approximate surface area is 276 Å². The molecule has 9 heteroatoms. The number of benzene rings is 1. The largest absolute Gasteiger partial charge is 0.506 e. The number of carbonyl (C=O) groups excluding carboxylic acids is 2. The van der Waals surface area contributed by atoms with Crippen molar-refractivity contribution in [1.29, 1.82) is 0 Å². The maximum absolute atomic E-state index is 14.8. The Morgan fingerprint density at radius 2 is 1.68 bits per heavy atom. The van der Waals surface area contributed by atoms with Gasteiger partial charge < -0.3 is 29.5 Å². The Balaban J connectivity index is 1.60. The summed E-state index contributed by atoms with van der Waals surface area (Å²) in [6.45, 7) is 15.1. The van der Waals surface area contributed by atoms with Crippen molar-refractivity contribution in [3.63, 3.8) is 0 Å². The van der Waals surface area contributed by atoms with Gasteiger partial charge in [-0.3, -0.25) is 9.59 Å². The monoisotopic (exact) mass is 646 g/mol. The number of phenolic OH excluding ortho intramolecular Hbond substituents is 1. The van der Waals surface area contributed by atoms with Crippen molar-refractivity contribution in [3.05, 3.63) is 63.3 Å². The van der Waals surface area contributed by atoms with Gasteiger partial charge in [-0.2, -0.15) is 0 Å². The van der Waals surface area contributed by atoms with E-state index >= 15 is 0 Å². The van der Waals surface area contributed by atoms with Crippen LogP contribution in [-0.4, -0.2) is 55.3 Å². The van der Waals surface area contributed by atoms with E-state index < -0.39 is 52.1 Å². The average Bonchev–Trinajstić information content (AvgIpc) is 3.11. The smallest absolute Gasteiger partial charge is 0.330 e. The minimum Gasteiger partial charge on any atom is -0.506 e. The molecule has 7 rings (SSSR count). The van der Waals surface area contributed by atoms with Gasteiger partial charge in [0.25, 0.3) is 0 Å². The number of ketones is 2. The SMILES string of the molecule is CC(C)=CCC[C@]1(C)C[C@@H](O)c2c(O)c3c(c(CC=C(C)C)c2O1)O[C@@]12C(=C[C@@H]4C[C@@H]1C(C)(C)O[C@@]2(C/C=C(\C)C(=O)O)C4=O)C3=O. The first-order valence-corrected chi connectivity index (χ1v) is 16.5. The molecule has 9 nitrogen and oxygen atoms in total. The van der Waals surface area contributed by atoms with Gasteiger partial charge in [-0.1, -0.05) is 35.5 Å². The molecule has 0 radical (unpaired) electrons. The molecule has 6 atom stereocenters. The molecule has 4 bridgehead atoms. The van der Waals surface area contributed by atoms with Crippen LogP contribution in [0, 0.1) is 11.8 Å². The Kier molecular flexibility index (Phi) is 7.72. The van der Waals surface area contributed by atoms with E-state index in [9.17, 15) is 29.7 Å². The highest BCUT2D eigenvalue weighted by Crippen LogP contribution is 2.69. The first kappa shape index (κ1) is 33.2. The average molecular weight is 647 g/mol. The summed E-state index contributed by atoms with van der Waals surface area (Å²) >= 11 is 0. The van der Waals surface area contributed by atoms with Gasteiger partial charge in [0.15, 0.2) is 22.8 Å². The number of ether oxygens (including phenoxy) is 3. The van der Waals surface area contributed by atoms with Crippen molar-refractivity contribution in [3.8, 4) is 17.2 Å². The summed E-state index contributed by atoms with van der Waals surface area (Å²) in [5.74, 6) is -2.90. The minimum atomic E-state index is -1.67. The molecule has 1 spiro atoms. The summed E-state index contributed by atoms with van der Waals surface area (Å²) in [6, 6.07) is 0. The standard InChI is InChI=1S/C38H46O9/c1-19(2)10-9-14-36(8)18-25(39)27-30(41)28-29(40)24-16-22-17-26-35(6,7)47-37(33(22)42,15-13-21(5)34(43)44)38(24,26)46-32(28)23(31(27)45-36)12-11-20(3)4/h10-11,13,16,22,25-26,39,41H,9,12,14-15,17-18H2,1-8H3,(H,43,44)/b21-13+/t22-,25-,26-,36-,37+,38+/m1/s1. The van der Waals surface area contributed by atoms with E-state index in [-0.39, 0.29) is 64.6 Å². The lowest BCUT2D eigenvalue weighted by Gasteiger charge is -2.56. The predicted molar refractivity (Wildman–Crippen MR) is 175 cm³/mol. The van der Waals surface area contributed by atoms with Crippen molar-refractivity contribution in [2.75, 3.05) is 0 Å². The number of aliphatic hydroxyl groups excluding tert-OH is 1. The summed E-state index contributed by atoms with van der Waals surface area (Å²) < 4.78 is 20.6. The molecule has 2 fully saturated rings. The number of carboxylic acid groups (broad SMARTS) is 1. The van der Waals surface area contributed by atoms with E-state index in [0.29, 0.717) is 18.4 Å². The Morgan fingerprint density at radius 1 is 1.00 bits per heavy atom. The quantitative estimate of drug-likeness (QED) is 0.209. The molecule has 47 heavy (non-hydrogen) atoms. The van der Waals surface area contributed by atoms with E-state index in [2.05, 4.69) is 6.08 Å². The molecule has 252 valence electrons. The molecule has 0 amide bonds. The van der Waals surface area contributed by atoms with Gasteiger partial charge in [-0.15, -0.1) is 0 Å². The van der Waals surface area contributed by atoms with Gasteiger partial charge >= 0.3 is 5.97 Å². The lowest BCUT2D eigenvalue weighted by atomic mass is 9.51. The molecule has 0 unspecified atom stereocenters. The van der Waals surface area contributed by atoms with Gasteiger partial charge in [0.2, 0.25) is 0 Å². The molecular weight excluding hydrogens is 600 g/mol. The van der Waals surface area contributed by atoms with Crippen LogP contribution >= 0.6 is 0 Å². The lowest BCUT2D eigenvalue weighted by molar-refractivity contribution is -0.171. The Hall–Kier alpha value is -3.69. The zero-order chi connectivity index (χ0) is 34.4. The maximum Gasteiger partial charge on any atom is 0.330 e. The van der Waals surface area contributed by atoms with Crippen molar-refractivity contribution in [1.82, 2.24) is 0 Å².